The van der Waals surface area contributed by atoms with Crippen LogP contribution in [0.15, 0.2) is 121 Å². The Balaban J connectivity index is 1.48. The van der Waals surface area contributed by atoms with Crippen molar-refractivity contribution in [1.29, 1.82) is 0 Å². The minimum Gasteiger partial charge on any atom is -0.0622 e. The second-order valence-electron chi connectivity index (χ2n) is 12.7. The SMILES string of the molecule is CC(C)(C1C2CCC(C2)C1C(C)(C)P(c1ccccc1)c1ccccc1)P(c1ccccc1)c1ccccc1. The molecule has 0 aromatic heterocycles. The van der Waals surface area contributed by atoms with Gasteiger partial charge in [-0.15, -0.1) is 0 Å². The van der Waals surface area contributed by atoms with Crippen LogP contribution in [0.5, 0.6) is 0 Å². The van der Waals surface area contributed by atoms with E-state index in [1.165, 1.54) is 40.5 Å². The predicted molar refractivity (Wildman–Crippen MR) is 174 cm³/mol. The molecule has 0 saturated heterocycles. The van der Waals surface area contributed by atoms with Gasteiger partial charge < -0.3 is 0 Å². The average molecular weight is 549 g/mol. The highest BCUT2D eigenvalue weighted by Crippen LogP contribution is 2.70. The predicted octanol–water partition coefficient (Wildman–Crippen LogP) is 8.47. The normalized spacial score (nSPS) is 23.0. The summed E-state index contributed by atoms with van der Waals surface area (Å²) in [4.78, 5) is 0. The molecule has 6 rings (SSSR count). The summed E-state index contributed by atoms with van der Waals surface area (Å²) >= 11 is 0. The largest absolute Gasteiger partial charge is 0.0622 e. The molecule has 4 aromatic carbocycles. The fourth-order valence-corrected chi connectivity index (χ4v) is 15.0. The van der Waals surface area contributed by atoms with Crippen LogP contribution in [0.4, 0.5) is 0 Å². The molecule has 2 fully saturated rings. The zero-order valence-corrected chi connectivity index (χ0v) is 25.7. The summed E-state index contributed by atoms with van der Waals surface area (Å²) in [5.41, 5.74) is 0. The Morgan fingerprint density at radius 1 is 0.436 bits per heavy atom. The topological polar surface area (TPSA) is 0 Å². The minimum absolute atomic E-state index is 0.189. The smallest absolute Gasteiger partial charge is 0.00369 e. The summed E-state index contributed by atoms with van der Waals surface area (Å²) in [5.74, 6) is 3.07. The van der Waals surface area contributed by atoms with Crippen LogP contribution in [0.3, 0.4) is 0 Å². The Kier molecular flexibility index (Phi) is 7.57. The Morgan fingerprint density at radius 2 is 0.692 bits per heavy atom. The second kappa shape index (κ2) is 11.0. The molecule has 200 valence electrons. The van der Waals surface area contributed by atoms with Crippen LogP contribution in [-0.4, -0.2) is 10.3 Å². The third kappa shape index (κ3) is 4.94. The molecule has 0 aliphatic heterocycles. The first-order valence-electron chi connectivity index (χ1n) is 14.7. The molecule has 39 heavy (non-hydrogen) atoms. The van der Waals surface area contributed by atoms with Crippen molar-refractivity contribution in [2.24, 2.45) is 23.7 Å². The van der Waals surface area contributed by atoms with Crippen LogP contribution in [0.25, 0.3) is 0 Å². The van der Waals surface area contributed by atoms with Gasteiger partial charge in [-0.25, -0.2) is 0 Å². The molecule has 4 atom stereocenters. The van der Waals surface area contributed by atoms with Crippen LogP contribution in [-0.2, 0) is 0 Å². The van der Waals surface area contributed by atoms with Gasteiger partial charge in [-0.3, -0.25) is 0 Å². The highest BCUT2D eigenvalue weighted by atomic mass is 31.1. The first-order valence-corrected chi connectivity index (χ1v) is 17.4. The van der Waals surface area contributed by atoms with Crippen LogP contribution in [0, 0.1) is 23.7 Å². The van der Waals surface area contributed by atoms with Gasteiger partial charge in [-0.1, -0.05) is 149 Å². The van der Waals surface area contributed by atoms with E-state index < -0.39 is 15.8 Å². The molecule has 0 spiro atoms. The van der Waals surface area contributed by atoms with E-state index in [0.29, 0.717) is 11.8 Å². The van der Waals surface area contributed by atoms with Crippen molar-refractivity contribution >= 4 is 37.1 Å². The van der Waals surface area contributed by atoms with Crippen molar-refractivity contribution in [3.8, 4) is 0 Å². The third-order valence-electron chi connectivity index (χ3n) is 9.76. The van der Waals surface area contributed by atoms with Gasteiger partial charge in [0.15, 0.2) is 0 Å². The average Bonchev–Trinajstić information content (AvgIpc) is 3.58. The first-order chi connectivity index (χ1) is 18.9. The van der Waals surface area contributed by atoms with E-state index in [4.69, 9.17) is 0 Å². The Hall–Kier alpha value is -2.26. The first kappa shape index (κ1) is 26.9. The molecule has 0 radical (unpaired) electrons. The summed E-state index contributed by atoms with van der Waals surface area (Å²) in [6.45, 7) is 10.6. The number of hydrogen-bond acceptors (Lipinski definition) is 0. The highest BCUT2D eigenvalue weighted by molar-refractivity contribution is 7.75. The summed E-state index contributed by atoms with van der Waals surface area (Å²) in [5, 5.41) is 6.48. The molecule has 0 heterocycles. The maximum Gasteiger partial charge on any atom is -0.00369 e. The Bertz CT molecular complexity index is 1160. The number of rotatable bonds is 8. The van der Waals surface area contributed by atoms with Crippen LogP contribution in [0.1, 0.15) is 47.0 Å². The molecule has 2 aliphatic rings. The third-order valence-corrected chi connectivity index (χ3v) is 15.9. The summed E-state index contributed by atoms with van der Waals surface area (Å²) in [6.07, 6.45) is 4.24. The lowest BCUT2D eigenvalue weighted by molar-refractivity contribution is 0.151. The van der Waals surface area contributed by atoms with E-state index in [0.717, 1.165) is 11.8 Å². The molecule has 2 heteroatoms. The van der Waals surface area contributed by atoms with E-state index in [1.807, 2.05) is 0 Å². The van der Waals surface area contributed by atoms with Crippen molar-refractivity contribution in [3.63, 3.8) is 0 Å². The van der Waals surface area contributed by atoms with Crippen LogP contribution >= 0.6 is 15.8 Å². The van der Waals surface area contributed by atoms with E-state index in [1.54, 1.807) is 0 Å². The van der Waals surface area contributed by atoms with Gasteiger partial charge in [0.1, 0.15) is 0 Å². The molecular formula is C37H42P2. The van der Waals surface area contributed by atoms with E-state index >= 15 is 0 Å². The molecule has 0 nitrogen and oxygen atoms in total. The van der Waals surface area contributed by atoms with E-state index in [9.17, 15) is 0 Å². The highest BCUT2D eigenvalue weighted by Gasteiger charge is 2.60. The molecule has 2 aliphatic carbocycles. The zero-order chi connectivity index (χ0) is 27.0. The van der Waals surface area contributed by atoms with Gasteiger partial charge >= 0.3 is 0 Å². The molecule has 0 N–H and O–H groups in total. The van der Waals surface area contributed by atoms with E-state index in [-0.39, 0.29) is 10.3 Å². The summed E-state index contributed by atoms with van der Waals surface area (Å²) in [7, 11) is -1.02. The quantitative estimate of drug-likeness (QED) is 0.194. The zero-order valence-electron chi connectivity index (χ0n) is 23.9. The molecule has 4 aromatic rings. The van der Waals surface area contributed by atoms with Gasteiger partial charge in [0, 0.05) is 0 Å². The van der Waals surface area contributed by atoms with Gasteiger partial charge in [0.05, 0.1) is 0 Å². The lowest BCUT2D eigenvalue weighted by atomic mass is 9.68. The lowest BCUT2D eigenvalue weighted by Crippen LogP contribution is -2.50. The number of benzene rings is 4. The maximum absolute atomic E-state index is 2.64. The van der Waals surface area contributed by atoms with Crippen molar-refractivity contribution in [1.82, 2.24) is 0 Å². The van der Waals surface area contributed by atoms with Crippen LogP contribution in [0.2, 0.25) is 0 Å². The maximum atomic E-state index is 2.64. The minimum atomic E-state index is -0.511. The molecule has 2 bridgehead atoms. The van der Waals surface area contributed by atoms with Gasteiger partial charge in [0.25, 0.3) is 0 Å². The number of fused-ring (bicyclic) bond motifs is 2. The number of hydrogen-bond donors (Lipinski definition) is 0. The van der Waals surface area contributed by atoms with Crippen molar-refractivity contribution in [2.45, 2.75) is 57.3 Å². The Morgan fingerprint density at radius 3 is 0.949 bits per heavy atom. The molecule has 0 amide bonds. The van der Waals surface area contributed by atoms with Crippen molar-refractivity contribution in [3.05, 3.63) is 121 Å². The van der Waals surface area contributed by atoms with Gasteiger partial charge in [-0.2, -0.15) is 0 Å². The summed E-state index contributed by atoms with van der Waals surface area (Å²) < 4.78 is 0. The van der Waals surface area contributed by atoms with Gasteiger partial charge in [-0.05, 0) is 90.3 Å². The van der Waals surface area contributed by atoms with Crippen molar-refractivity contribution < 1.29 is 0 Å². The second-order valence-corrected chi connectivity index (χ2v) is 18.4. The van der Waals surface area contributed by atoms with E-state index in [2.05, 4.69) is 149 Å². The standard InChI is InChI=1S/C37H42P2/c1-36(2,38(30-17-9-5-10-18-30)31-19-11-6-12-20-31)34-28-25-26-29(27-28)35(34)37(3,4)39(32-21-13-7-14-22-32)33-23-15-8-16-24-33/h5-24,28-29,34-35H,25-27H2,1-4H3. The lowest BCUT2D eigenvalue weighted by Gasteiger charge is -2.54. The van der Waals surface area contributed by atoms with Crippen LogP contribution < -0.4 is 21.2 Å². The fraction of sp³-hybridized carbons (Fsp3) is 0.351. The molecular weight excluding hydrogens is 506 g/mol. The Labute approximate surface area is 238 Å². The monoisotopic (exact) mass is 548 g/mol. The molecule has 2 saturated carbocycles. The molecule has 4 unspecified atom stereocenters. The van der Waals surface area contributed by atoms with Gasteiger partial charge in [0.2, 0.25) is 0 Å². The van der Waals surface area contributed by atoms with Crippen molar-refractivity contribution in [2.75, 3.05) is 0 Å². The fourth-order valence-electron chi connectivity index (χ4n) is 8.56. The summed E-state index contributed by atoms with van der Waals surface area (Å²) in [6, 6.07) is 45.8.